The summed E-state index contributed by atoms with van der Waals surface area (Å²) in [5, 5.41) is 11.7. The molecule has 1 amide bonds. The Morgan fingerprint density at radius 2 is 2.33 bits per heavy atom. The molecule has 0 aromatic carbocycles. The highest BCUT2D eigenvalue weighted by molar-refractivity contribution is 5.84. The van der Waals surface area contributed by atoms with Crippen molar-refractivity contribution >= 4 is 11.9 Å². The zero-order chi connectivity index (χ0) is 11.3. The standard InChI is InChI=1S/C9H16N2O4/c1-10-3-2-8(12)11-4-5-15-6-7(11)9(13)14/h7,10H,2-6H2,1H3,(H,13,14). The summed E-state index contributed by atoms with van der Waals surface area (Å²) in [6, 6.07) is -0.830. The molecule has 0 saturated carbocycles. The first-order valence-corrected chi connectivity index (χ1v) is 4.91. The van der Waals surface area contributed by atoms with Crippen molar-refractivity contribution in [2.24, 2.45) is 0 Å². The second-order valence-corrected chi connectivity index (χ2v) is 3.37. The molecule has 1 saturated heterocycles. The lowest BCUT2D eigenvalue weighted by atomic mass is 10.2. The van der Waals surface area contributed by atoms with Gasteiger partial charge in [-0.1, -0.05) is 0 Å². The Morgan fingerprint density at radius 1 is 1.60 bits per heavy atom. The van der Waals surface area contributed by atoms with Crippen molar-refractivity contribution in [1.29, 1.82) is 0 Å². The van der Waals surface area contributed by atoms with E-state index in [9.17, 15) is 9.59 Å². The minimum Gasteiger partial charge on any atom is -0.480 e. The molecule has 1 fully saturated rings. The Hall–Kier alpha value is -1.14. The Labute approximate surface area is 88.2 Å². The van der Waals surface area contributed by atoms with E-state index in [1.165, 1.54) is 4.90 Å². The maximum atomic E-state index is 11.6. The van der Waals surface area contributed by atoms with E-state index in [1.54, 1.807) is 7.05 Å². The molecule has 86 valence electrons. The van der Waals surface area contributed by atoms with E-state index in [2.05, 4.69) is 5.32 Å². The average Bonchev–Trinajstić information content (AvgIpc) is 2.25. The van der Waals surface area contributed by atoms with Gasteiger partial charge in [-0.15, -0.1) is 0 Å². The lowest BCUT2D eigenvalue weighted by Crippen LogP contribution is -2.52. The van der Waals surface area contributed by atoms with Gasteiger partial charge >= 0.3 is 5.97 Å². The number of morpholine rings is 1. The molecule has 15 heavy (non-hydrogen) atoms. The van der Waals surface area contributed by atoms with Gasteiger partial charge in [0, 0.05) is 19.5 Å². The highest BCUT2D eigenvalue weighted by Gasteiger charge is 2.31. The second-order valence-electron chi connectivity index (χ2n) is 3.37. The molecule has 6 nitrogen and oxygen atoms in total. The minimum absolute atomic E-state index is 0.0840. The lowest BCUT2D eigenvalue weighted by Gasteiger charge is -2.32. The van der Waals surface area contributed by atoms with E-state index in [4.69, 9.17) is 9.84 Å². The summed E-state index contributed by atoms with van der Waals surface area (Å²) in [6.45, 7) is 1.41. The zero-order valence-electron chi connectivity index (χ0n) is 8.73. The SMILES string of the molecule is CNCCC(=O)N1CCOCC1C(=O)O. The van der Waals surface area contributed by atoms with E-state index in [-0.39, 0.29) is 12.5 Å². The van der Waals surface area contributed by atoms with Gasteiger partial charge in [0.1, 0.15) is 0 Å². The van der Waals surface area contributed by atoms with Gasteiger partial charge in [0.05, 0.1) is 13.2 Å². The van der Waals surface area contributed by atoms with Crippen molar-refractivity contribution in [1.82, 2.24) is 10.2 Å². The van der Waals surface area contributed by atoms with Crippen LogP contribution in [0.2, 0.25) is 0 Å². The number of nitrogens with one attached hydrogen (secondary N) is 1. The summed E-state index contributed by atoms with van der Waals surface area (Å²) in [5.41, 5.74) is 0. The summed E-state index contributed by atoms with van der Waals surface area (Å²) < 4.78 is 5.04. The third kappa shape index (κ3) is 3.17. The van der Waals surface area contributed by atoms with Crippen molar-refractivity contribution in [3.63, 3.8) is 0 Å². The van der Waals surface area contributed by atoms with Crippen LogP contribution in [0.25, 0.3) is 0 Å². The third-order valence-corrected chi connectivity index (χ3v) is 2.32. The first-order valence-electron chi connectivity index (χ1n) is 4.91. The van der Waals surface area contributed by atoms with Crippen molar-refractivity contribution in [3.8, 4) is 0 Å². The molecule has 0 bridgehead atoms. The van der Waals surface area contributed by atoms with E-state index >= 15 is 0 Å². The number of carbonyl (C=O) groups excluding carboxylic acids is 1. The molecule has 2 N–H and O–H groups in total. The second kappa shape index (κ2) is 5.67. The van der Waals surface area contributed by atoms with Crippen LogP contribution < -0.4 is 5.32 Å². The maximum Gasteiger partial charge on any atom is 0.328 e. The van der Waals surface area contributed by atoms with Crippen molar-refractivity contribution < 1.29 is 19.4 Å². The number of ether oxygens (including phenoxy) is 1. The quantitative estimate of drug-likeness (QED) is 0.624. The van der Waals surface area contributed by atoms with Gasteiger partial charge in [-0.2, -0.15) is 0 Å². The number of carboxylic acid groups (broad SMARTS) is 1. The number of hydrogen-bond acceptors (Lipinski definition) is 4. The van der Waals surface area contributed by atoms with E-state index in [1.807, 2.05) is 0 Å². The van der Waals surface area contributed by atoms with Crippen LogP contribution >= 0.6 is 0 Å². The highest BCUT2D eigenvalue weighted by Crippen LogP contribution is 2.08. The van der Waals surface area contributed by atoms with Crippen LogP contribution in [0.4, 0.5) is 0 Å². The number of rotatable bonds is 4. The Balaban J connectivity index is 2.55. The van der Waals surface area contributed by atoms with E-state index in [0.29, 0.717) is 26.1 Å². The maximum absolute atomic E-state index is 11.6. The molecule has 1 unspecified atom stereocenters. The normalized spacial score (nSPS) is 21.4. The molecule has 0 aromatic rings. The molecular weight excluding hydrogens is 200 g/mol. The number of carboxylic acids is 1. The minimum atomic E-state index is -1.01. The topological polar surface area (TPSA) is 78.9 Å². The Kier molecular flexibility index (Phi) is 4.51. The Bertz CT molecular complexity index is 244. The molecule has 1 aliphatic heterocycles. The first-order chi connectivity index (χ1) is 7.16. The summed E-state index contributed by atoms with van der Waals surface area (Å²) >= 11 is 0. The molecule has 1 heterocycles. The van der Waals surface area contributed by atoms with E-state index in [0.717, 1.165) is 0 Å². The fraction of sp³-hybridized carbons (Fsp3) is 0.778. The van der Waals surface area contributed by atoms with Gasteiger partial charge < -0.3 is 20.1 Å². The lowest BCUT2D eigenvalue weighted by molar-refractivity contribution is -0.158. The smallest absolute Gasteiger partial charge is 0.328 e. The average molecular weight is 216 g/mol. The van der Waals surface area contributed by atoms with Crippen LogP contribution in [-0.4, -0.2) is 61.3 Å². The van der Waals surface area contributed by atoms with Crippen molar-refractivity contribution in [2.45, 2.75) is 12.5 Å². The van der Waals surface area contributed by atoms with E-state index < -0.39 is 12.0 Å². The van der Waals surface area contributed by atoms with Gasteiger partial charge in [-0.3, -0.25) is 4.79 Å². The van der Waals surface area contributed by atoms with Crippen LogP contribution in [0.15, 0.2) is 0 Å². The largest absolute Gasteiger partial charge is 0.480 e. The summed E-state index contributed by atoms with van der Waals surface area (Å²) in [4.78, 5) is 23.9. The summed E-state index contributed by atoms with van der Waals surface area (Å²) in [5.74, 6) is -1.15. The van der Waals surface area contributed by atoms with Crippen molar-refractivity contribution in [2.75, 3.05) is 33.4 Å². The molecule has 0 aromatic heterocycles. The van der Waals surface area contributed by atoms with Crippen LogP contribution in [-0.2, 0) is 14.3 Å². The molecule has 0 aliphatic carbocycles. The monoisotopic (exact) mass is 216 g/mol. The molecular formula is C9H16N2O4. The summed E-state index contributed by atoms with van der Waals surface area (Å²) in [7, 11) is 1.75. The van der Waals surface area contributed by atoms with Gasteiger partial charge in [0.15, 0.2) is 6.04 Å². The van der Waals surface area contributed by atoms with Gasteiger partial charge in [-0.25, -0.2) is 4.79 Å². The molecule has 0 radical (unpaired) electrons. The summed E-state index contributed by atoms with van der Waals surface area (Å²) in [6.07, 6.45) is 0.320. The zero-order valence-corrected chi connectivity index (χ0v) is 8.73. The number of aliphatic carboxylic acids is 1. The first kappa shape index (κ1) is 11.9. The molecule has 1 atom stereocenters. The number of hydrogen-bond donors (Lipinski definition) is 2. The van der Waals surface area contributed by atoms with Gasteiger partial charge in [0.25, 0.3) is 0 Å². The predicted octanol–water partition coefficient (Wildman–Crippen LogP) is -1.09. The van der Waals surface area contributed by atoms with Crippen LogP contribution in [0.5, 0.6) is 0 Å². The molecule has 0 spiro atoms. The number of amides is 1. The van der Waals surface area contributed by atoms with Crippen LogP contribution in [0.3, 0.4) is 0 Å². The van der Waals surface area contributed by atoms with Gasteiger partial charge in [0.2, 0.25) is 5.91 Å². The molecule has 6 heteroatoms. The fourth-order valence-corrected chi connectivity index (χ4v) is 1.48. The molecule has 1 aliphatic rings. The van der Waals surface area contributed by atoms with Gasteiger partial charge in [-0.05, 0) is 7.05 Å². The number of nitrogens with zero attached hydrogens (tertiary/aromatic N) is 1. The molecule has 1 rings (SSSR count). The number of carbonyl (C=O) groups is 2. The van der Waals surface area contributed by atoms with Crippen LogP contribution in [0.1, 0.15) is 6.42 Å². The Morgan fingerprint density at radius 3 is 2.93 bits per heavy atom. The fourth-order valence-electron chi connectivity index (χ4n) is 1.48. The van der Waals surface area contributed by atoms with Crippen LogP contribution in [0, 0.1) is 0 Å². The predicted molar refractivity (Wildman–Crippen MR) is 52.5 cm³/mol. The third-order valence-electron chi connectivity index (χ3n) is 2.32. The highest BCUT2D eigenvalue weighted by atomic mass is 16.5. The van der Waals surface area contributed by atoms with Crippen molar-refractivity contribution in [3.05, 3.63) is 0 Å².